The number of rotatable bonds is 8. The fourth-order valence-electron chi connectivity index (χ4n) is 3.01. The molecule has 0 aromatic heterocycles. The smallest absolute Gasteiger partial charge is 0.251 e. The summed E-state index contributed by atoms with van der Waals surface area (Å²) in [5, 5.41) is 2.89. The first-order valence-electron chi connectivity index (χ1n) is 9.57. The second kappa shape index (κ2) is 10.2. The number of nitrogens with one attached hydrogen (secondary N) is 1. The summed E-state index contributed by atoms with van der Waals surface area (Å²) >= 11 is 1.77. The number of amides is 1. The number of thioether (sulfide) groups is 1. The van der Waals surface area contributed by atoms with Crippen molar-refractivity contribution in [2.75, 3.05) is 38.6 Å². The molecular weight excluding hydrogens is 408 g/mol. The topological polar surface area (TPSA) is 75.7 Å². The molecule has 29 heavy (non-hydrogen) atoms. The molecule has 0 radical (unpaired) electrons. The zero-order chi connectivity index (χ0) is 20.7. The van der Waals surface area contributed by atoms with Gasteiger partial charge in [0.1, 0.15) is 0 Å². The quantitative estimate of drug-likeness (QED) is 0.647. The zero-order valence-electron chi connectivity index (χ0n) is 16.5. The Morgan fingerprint density at radius 2 is 1.79 bits per heavy atom. The molecule has 3 rings (SSSR count). The van der Waals surface area contributed by atoms with E-state index in [1.54, 1.807) is 23.9 Å². The van der Waals surface area contributed by atoms with Crippen molar-refractivity contribution in [3.63, 3.8) is 0 Å². The van der Waals surface area contributed by atoms with Gasteiger partial charge >= 0.3 is 0 Å². The number of carbonyl (C=O) groups excluding carboxylic acids is 1. The van der Waals surface area contributed by atoms with Gasteiger partial charge in [0.2, 0.25) is 10.0 Å². The Hall–Kier alpha value is -1.87. The van der Waals surface area contributed by atoms with Crippen LogP contribution in [-0.4, -0.2) is 57.2 Å². The number of aryl methyl sites for hydroxylation is 1. The summed E-state index contributed by atoms with van der Waals surface area (Å²) in [6.45, 7) is 4.17. The Morgan fingerprint density at radius 3 is 2.48 bits per heavy atom. The minimum Gasteiger partial charge on any atom is -0.379 e. The first-order valence-corrected chi connectivity index (χ1v) is 12.2. The van der Waals surface area contributed by atoms with Crippen LogP contribution in [-0.2, 0) is 20.5 Å². The Kier molecular flexibility index (Phi) is 7.71. The fraction of sp³-hybridized carbons (Fsp3) is 0.381. The molecule has 1 N–H and O–H groups in total. The van der Waals surface area contributed by atoms with Crippen LogP contribution in [0, 0.1) is 6.92 Å². The molecule has 0 unspecified atom stereocenters. The molecule has 0 aliphatic carbocycles. The number of benzene rings is 2. The van der Waals surface area contributed by atoms with Crippen molar-refractivity contribution in [3.8, 4) is 0 Å². The van der Waals surface area contributed by atoms with Gasteiger partial charge in [0.25, 0.3) is 5.91 Å². The van der Waals surface area contributed by atoms with Crippen LogP contribution in [0.4, 0.5) is 0 Å². The standard InChI is InChI=1S/C21H26N2O4S2/c1-17-4-2-3-5-19(17)16-28-15-10-22-21(24)18-6-8-20(9-7-18)29(25,26)23-11-13-27-14-12-23/h2-9H,10-16H2,1H3,(H,22,24). The summed E-state index contributed by atoms with van der Waals surface area (Å²) in [6.07, 6.45) is 0. The maximum atomic E-state index is 12.6. The summed E-state index contributed by atoms with van der Waals surface area (Å²) in [5.41, 5.74) is 3.03. The molecule has 6 nitrogen and oxygen atoms in total. The van der Waals surface area contributed by atoms with E-state index in [1.807, 2.05) is 12.1 Å². The van der Waals surface area contributed by atoms with Crippen LogP contribution < -0.4 is 5.32 Å². The molecule has 2 aromatic rings. The molecule has 1 aliphatic heterocycles. The largest absolute Gasteiger partial charge is 0.379 e. The number of ether oxygens (including phenoxy) is 1. The third kappa shape index (κ3) is 5.82. The van der Waals surface area contributed by atoms with E-state index in [9.17, 15) is 13.2 Å². The predicted molar refractivity (Wildman–Crippen MR) is 116 cm³/mol. The van der Waals surface area contributed by atoms with Crippen molar-refractivity contribution < 1.29 is 17.9 Å². The fourth-order valence-corrected chi connectivity index (χ4v) is 5.35. The summed E-state index contributed by atoms with van der Waals surface area (Å²) in [7, 11) is -3.54. The highest BCUT2D eigenvalue weighted by atomic mass is 32.2. The van der Waals surface area contributed by atoms with Crippen molar-refractivity contribution >= 4 is 27.7 Å². The van der Waals surface area contributed by atoms with E-state index >= 15 is 0 Å². The van der Waals surface area contributed by atoms with Gasteiger partial charge in [-0.25, -0.2) is 8.42 Å². The molecule has 8 heteroatoms. The molecule has 1 saturated heterocycles. The Balaban J connectivity index is 1.47. The minimum atomic E-state index is -3.54. The lowest BCUT2D eigenvalue weighted by Crippen LogP contribution is -2.40. The van der Waals surface area contributed by atoms with Crippen LogP contribution in [0.25, 0.3) is 0 Å². The highest BCUT2D eigenvalue weighted by Gasteiger charge is 2.26. The third-order valence-corrected chi connectivity index (χ3v) is 7.70. The highest BCUT2D eigenvalue weighted by Crippen LogP contribution is 2.18. The lowest BCUT2D eigenvalue weighted by atomic mass is 10.1. The number of sulfonamides is 1. The number of morpholine rings is 1. The second-order valence-corrected chi connectivity index (χ2v) is 9.82. The lowest BCUT2D eigenvalue weighted by Gasteiger charge is -2.26. The molecule has 1 fully saturated rings. The van der Waals surface area contributed by atoms with Gasteiger partial charge in [0, 0.05) is 36.7 Å². The number of nitrogens with zero attached hydrogens (tertiary/aromatic N) is 1. The van der Waals surface area contributed by atoms with E-state index in [-0.39, 0.29) is 10.8 Å². The van der Waals surface area contributed by atoms with Crippen molar-refractivity contribution in [3.05, 3.63) is 65.2 Å². The number of carbonyl (C=O) groups is 1. The first-order chi connectivity index (χ1) is 14.0. The molecular formula is C21H26N2O4S2. The molecule has 0 spiro atoms. The normalized spacial score (nSPS) is 15.2. The van der Waals surface area contributed by atoms with Crippen LogP contribution in [0.3, 0.4) is 0 Å². The van der Waals surface area contributed by atoms with E-state index in [4.69, 9.17) is 4.74 Å². The summed E-state index contributed by atoms with van der Waals surface area (Å²) < 4.78 is 31.9. The van der Waals surface area contributed by atoms with Crippen LogP contribution in [0.1, 0.15) is 21.5 Å². The van der Waals surface area contributed by atoms with Gasteiger partial charge in [-0.05, 0) is 42.3 Å². The monoisotopic (exact) mass is 434 g/mol. The molecule has 1 amide bonds. The van der Waals surface area contributed by atoms with Gasteiger partial charge in [0.05, 0.1) is 18.1 Å². The van der Waals surface area contributed by atoms with E-state index < -0.39 is 10.0 Å². The van der Waals surface area contributed by atoms with E-state index in [2.05, 4.69) is 24.4 Å². The molecule has 0 atom stereocenters. The van der Waals surface area contributed by atoms with Gasteiger partial charge in [-0.2, -0.15) is 16.1 Å². The minimum absolute atomic E-state index is 0.197. The first kappa shape index (κ1) is 21.8. The van der Waals surface area contributed by atoms with Gasteiger partial charge in [-0.1, -0.05) is 24.3 Å². The average molecular weight is 435 g/mol. The lowest BCUT2D eigenvalue weighted by molar-refractivity contribution is 0.0730. The predicted octanol–water partition coefficient (Wildman–Crippen LogP) is 2.68. The molecule has 2 aromatic carbocycles. The summed E-state index contributed by atoms with van der Waals surface area (Å²) in [4.78, 5) is 12.5. The van der Waals surface area contributed by atoms with Crippen molar-refractivity contribution in [1.29, 1.82) is 0 Å². The molecule has 1 heterocycles. The van der Waals surface area contributed by atoms with E-state index in [0.29, 0.717) is 38.4 Å². The SMILES string of the molecule is Cc1ccccc1CSCCNC(=O)c1ccc(S(=O)(=O)N2CCOCC2)cc1. The molecule has 0 saturated carbocycles. The van der Waals surface area contributed by atoms with Crippen LogP contribution >= 0.6 is 11.8 Å². The Labute approximate surface area is 176 Å². The summed E-state index contributed by atoms with van der Waals surface area (Å²) in [6, 6.07) is 14.4. The Morgan fingerprint density at radius 1 is 1.10 bits per heavy atom. The zero-order valence-corrected chi connectivity index (χ0v) is 18.1. The average Bonchev–Trinajstić information content (AvgIpc) is 2.75. The van der Waals surface area contributed by atoms with Crippen molar-refractivity contribution in [2.45, 2.75) is 17.6 Å². The molecule has 1 aliphatic rings. The Bertz CT molecular complexity index is 924. The van der Waals surface area contributed by atoms with E-state index in [0.717, 1.165) is 11.5 Å². The van der Waals surface area contributed by atoms with E-state index in [1.165, 1.54) is 27.6 Å². The van der Waals surface area contributed by atoms with Crippen molar-refractivity contribution in [2.24, 2.45) is 0 Å². The van der Waals surface area contributed by atoms with Crippen molar-refractivity contribution in [1.82, 2.24) is 9.62 Å². The maximum Gasteiger partial charge on any atom is 0.251 e. The maximum absolute atomic E-state index is 12.6. The highest BCUT2D eigenvalue weighted by molar-refractivity contribution is 7.98. The van der Waals surface area contributed by atoms with Gasteiger partial charge < -0.3 is 10.1 Å². The van der Waals surface area contributed by atoms with Gasteiger partial charge in [-0.15, -0.1) is 0 Å². The number of hydrogen-bond acceptors (Lipinski definition) is 5. The van der Waals surface area contributed by atoms with Crippen LogP contribution in [0.5, 0.6) is 0 Å². The van der Waals surface area contributed by atoms with Crippen LogP contribution in [0.2, 0.25) is 0 Å². The molecule has 156 valence electrons. The van der Waals surface area contributed by atoms with Gasteiger partial charge in [-0.3, -0.25) is 4.79 Å². The van der Waals surface area contributed by atoms with Crippen LogP contribution in [0.15, 0.2) is 53.4 Å². The molecule has 0 bridgehead atoms. The second-order valence-electron chi connectivity index (χ2n) is 6.78. The number of hydrogen-bond donors (Lipinski definition) is 1. The summed E-state index contributed by atoms with van der Waals surface area (Å²) in [5.74, 6) is 1.53. The van der Waals surface area contributed by atoms with Gasteiger partial charge in [0.15, 0.2) is 0 Å². The third-order valence-electron chi connectivity index (χ3n) is 4.78.